The molecule has 1 saturated carbocycles. The van der Waals surface area contributed by atoms with E-state index in [9.17, 15) is 4.79 Å². The first-order valence-corrected chi connectivity index (χ1v) is 4.68. The van der Waals surface area contributed by atoms with E-state index >= 15 is 0 Å². The molecule has 0 unspecified atom stereocenters. The summed E-state index contributed by atoms with van der Waals surface area (Å²) < 4.78 is 4.74. The quantitative estimate of drug-likeness (QED) is 0.734. The molecule has 0 aromatic carbocycles. The standard InChI is InChI=1S/C11H10N2O2.ClH/c1-15-10(14)11(4-5-11)9-3-2-8(6-12)7-13-9;/h2-3,7H,4-5H2,1H3;1H. The van der Waals surface area contributed by atoms with Crippen molar-refractivity contribution in [2.45, 2.75) is 18.3 Å². The summed E-state index contributed by atoms with van der Waals surface area (Å²) in [5.74, 6) is -0.236. The van der Waals surface area contributed by atoms with Crippen LogP contribution in [-0.2, 0) is 14.9 Å². The summed E-state index contributed by atoms with van der Waals surface area (Å²) >= 11 is 0. The van der Waals surface area contributed by atoms with Crippen molar-refractivity contribution in [2.24, 2.45) is 0 Å². The van der Waals surface area contributed by atoms with E-state index in [-0.39, 0.29) is 18.4 Å². The molecule has 0 saturated heterocycles. The van der Waals surface area contributed by atoms with E-state index in [1.165, 1.54) is 13.3 Å². The molecule has 0 atom stereocenters. The molecule has 1 aliphatic rings. The second-order valence-corrected chi connectivity index (χ2v) is 3.62. The average molecular weight is 239 g/mol. The molecule has 1 aliphatic carbocycles. The number of nitrogens with zero attached hydrogens (tertiary/aromatic N) is 2. The third-order valence-electron chi connectivity index (χ3n) is 2.71. The van der Waals surface area contributed by atoms with E-state index in [0.717, 1.165) is 12.8 Å². The van der Waals surface area contributed by atoms with E-state index in [0.29, 0.717) is 11.3 Å². The lowest BCUT2D eigenvalue weighted by molar-refractivity contribution is -0.143. The van der Waals surface area contributed by atoms with Gasteiger partial charge in [0, 0.05) is 6.20 Å². The fourth-order valence-electron chi connectivity index (χ4n) is 1.63. The molecule has 84 valence electrons. The fourth-order valence-corrected chi connectivity index (χ4v) is 1.63. The lowest BCUT2D eigenvalue weighted by atomic mass is 10.0. The summed E-state index contributed by atoms with van der Waals surface area (Å²) in [6, 6.07) is 5.39. The zero-order valence-corrected chi connectivity index (χ0v) is 9.58. The van der Waals surface area contributed by atoms with Crippen LogP contribution in [0.4, 0.5) is 0 Å². The number of halogens is 1. The molecule has 1 aromatic rings. The number of aromatic nitrogens is 1. The maximum absolute atomic E-state index is 11.5. The van der Waals surface area contributed by atoms with Gasteiger partial charge in [-0.25, -0.2) is 0 Å². The number of carbonyl (C=O) groups excluding carboxylic acids is 1. The van der Waals surface area contributed by atoms with Gasteiger partial charge < -0.3 is 4.74 Å². The Morgan fingerprint density at radius 1 is 1.56 bits per heavy atom. The van der Waals surface area contributed by atoms with Crippen LogP contribution < -0.4 is 0 Å². The third kappa shape index (κ3) is 1.86. The van der Waals surface area contributed by atoms with Crippen LogP contribution in [0.5, 0.6) is 0 Å². The predicted molar refractivity (Wildman–Crippen MR) is 59.1 cm³/mol. The van der Waals surface area contributed by atoms with Gasteiger partial charge in [-0.15, -0.1) is 12.4 Å². The smallest absolute Gasteiger partial charge is 0.317 e. The average Bonchev–Trinajstić information content (AvgIpc) is 3.09. The summed E-state index contributed by atoms with van der Waals surface area (Å²) in [6.07, 6.45) is 3.04. The monoisotopic (exact) mass is 238 g/mol. The van der Waals surface area contributed by atoms with Crippen LogP contribution in [-0.4, -0.2) is 18.1 Å². The lowest BCUT2D eigenvalue weighted by Gasteiger charge is -2.11. The minimum atomic E-state index is -0.539. The van der Waals surface area contributed by atoms with E-state index < -0.39 is 5.41 Å². The molecule has 5 heteroatoms. The van der Waals surface area contributed by atoms with Crippen LogP contribution >= 0.6 is 12.4 Å². The van der Waals surface area contributed by atoms with Gasteiger partial charge in [-0.2, -0.15) is 5.26 Å². The zero-order valence-electron chi connectivity index (χ0n) is 8.77. The molecule has 1 fully saturated rings. The Hall–Kier alpha value is -1.60. The van der Waals surface area contributed by atoms with Gasteiger partial charge in [-0.1, -0.05) is 0 Å². The van der Waals surface area contributed by atoms with Crippen LogP contribution in [0, 0.1) is 11.3 Å². The van der Waals surface area contributed by atoms with Gasteiger partial charge in [-0.3, -0.25) is 9.78 Å². The number of carbonyl (C=O) groups is 1. The SMILES string of the molecule is COC(=O)C1(c2ccc(C#N)cn2)CC1.Cl. The van der Waals surface area contributed by atoms with Crippen molar-refractivity contribution in [2.75, 3.05) is 7.11 Å². The number of hydrogen-bond donors (Lipinski definition) is 0. The number of pyridine rings is 1. The van der Waals surface area contributed by atoms with Gasteiger partial charge in [0.2, 0.25) is 0 Å². The summed E-state index contributed by atoms with van der Waals surface area (Å²) in [7, 11) is 1.38. The van der Waals surface area contributed by atoms with Gasteiger partial charge in [0.05, 0.1) is 18.4 Å². The first-order valence-electron chi connectivity index (χ1n) is 4.68. The number of nitriles is 1. The maximum atomic E-state index is 11.5. The van der Waals surface area contributed by atoms with Crippen LogP contribution in [0.3, 0.4) is 0 Å². The molecular weight excluding hydrogens is 228 g/mol. The highest BCUT2D eigenvalue weighted by Gasteiger charge is 2.53. The molecule has 4 nitrogen and oxygen atoms in total. The minimum Gasteiger partial charge on any atom is -0.468 e. The van der Waals surface area contributed by atoms with Gasteiger partial charge in [0.1, 0.15) is 11.5 Å². The fraction of sp³-hybridized carbons (Fsp3) is 0.364. The second-order valence-electron chi connectivity index (χ2n) is 3.62. The van der Waals surface area contributed by atoms with Crippen LogP contribution in [0.2, 0.25) is 0 Å². The summed E-state index contributed by atoms with van der Waals surface area (Å²) in [5.41, 5.74) is 0.663. The van der Waals surface area contributed by atoms with E-state index in [1.54, 1.807) is 12.1 Å². The Balaban J connectivity index is 0.00000128. The predicted octanol–water partition coefficient (Wildman–Crippen LogP) is 1.58. The van der Waals surface area contributed by atoms with Crippen molar-refractivity contribution in [1.82, 2.24) is 4.98 Å². The summed E-state index contributed by atoms with van der Waals surface area (Å²) in [6.45, 7) is 0. The minimum absolute atomic E-state index is 0. The molecule has 0 aliphatic heterocycles. The Morgan fingerprint density at radius 3 is 2.62 bits per heavy atom. The molecule has 16 heavy (non-hydrogen) atoms. The van der Waals surface area contributed by atoms with Crippen molar-refractivity contribution >= 4 is 18.4 Å². The Kier molecular flexibility index (Phi) is 3.51. The van der Waals surface area contributed by atoms with Crippen molar-refractivity contribution < 1.29 is 9.53 Å². The topological polar surface area (TPSA) is 63.0 Å². The van der Waals surface area contributed by atoms with E-state index in [1.807, 2.05) is 6.07 Å². The van der Waals surface area contributed by atoms with Gasteiger partial charge in [-0.05, 0) is 25.0 Å². The number of ether oxygens (including phenoxy) is 1. The first-order chi connectivity index (χ1) is 7.23. The van der Waals surface area contributed by atoms with Gasteiger partial charge in [0.25, 0.3) is 0 Å². The molecule has 0 bridgehead atoms. The zero-order chi connectivity index (χ0) is 10.9. The highest BCUT2D eigenvalue weighted by Crippen LogP contribution is 2.48. The molecule has 0 amide bonds. The number of esters is 1. The van der Waals surface area contributed by atoms with Crippen LogP contribution in [0.1, 0.15) is 24.1 Å². The van der Waals surface area contributed by atoms with E-state index in [4.69, 9.17) is 10.00 Å². The Labute approximate surface area is 99.7 Å². The molecule has 0 N–H and O–H groups in total. The summed E-state index contributed by atoms with van der Waals surface area (Å²) in [5, 5.41) is 8.62. The molecule has 0 spiro atoms. The second kappa shape index (κ2) is 4.50. The number of hydrogen-bond acceptors (Lipinski definition) is 4. The Bertz CT molecular complexity index is 432. The third-order valence-corrected chi connectivity index (χ3v) is 2.71. The molecule has 1 aromatic heterocycles. The highest BCUT2D eigenvalue weighted by molar-refractivity contribution is 5.86. The van der Waals surface area contributed by atoms with Crippen molar-refractivity contribution in [1.29, 1.82) is 5.26 Å². The first kappa shape index (κ1) is 12.5. The lowest BCUT2D eigenvalue weighted by Crippen LogP contribution is -2.22. The van der Waals surface area contributed by atoms with Gasteiger partial charge in [0.15, 0.2) is 0 Å². The molecule has 2 rings (SSSR count). The van der Waals surface area contributed by atoms with Crippen LogP contribution in [0.15, 0.2) is 18.3 Å². The van der Waals surface area contributed by atoms with Crippen molar-refractivity contribution in [3.05, 3.63) is 29.6 Å². The number of rotatable bonds is 2. The molecular formula is C11H11ClN2O2. The Morgan fingerprint density at radius 2 is 2.25 bits per heavy atom. The van der Waals surface area contributed by atoms with Crippen molar-refractivity contribution in [3.8, 4) is 6.07 Å². The van der Waals surface area contributed by atoms with Crippen LogP contribution in [0.25, 0.3) is 0 Å². The summed E-state index contributed by atoms with van der Waals surface area (Å²) in [4.78, 5) is 15.7. The molecule has 0 radical (unpaired) electrons. The normalized spacial score (nSPS) is 15.5. The number of methoxy groups -OCH3 is 1. The maximum Gasteiger partial charge on any atom is 0.317 e. The largest absolute Gasteiger partial charge is 0.468 e. The van der Waals surface area contributed by atoms with Gasteiger partial charge >= 0.3 is 5.97 Å². The van der Waals surface area contributed by atoms with Crippen molar-refractivity contribution in [3.63, 3.8) is 0 Å². The highest BCUT2D eigenvalue weighted by atomic mass is 35.5. The van der Waals surface area contributed by atoms with E-state index in [2.05, 4.69) is 4.98 Å². The molecule has 1 heterocycles.